The average molecular weight is 314 g/mol. The SMILES string of the molecule is CC1(C)OB(c2ccc(OC(=O)c3ncc[nH]3)cc2)OC1(C)C. The van der Waals surface area contributed by atoms with Gasteiger partial charge in [0.05, 0.1) is 11.2 Å². The molecule has 0 atom stereocenters. The normalized spacial score (nSPS) is 18.9. The fraction of sp³-hybridized carbons (Fsp3) is 0.375. The molecule has 120 valence electrons. The van der Waals surface area contributed by atoms with Gasteiger partial charge < -0.3 is 19.0 Å². The highest BCUT2D eigenvalue weighted by atomic mass is 16.7. The molecule has 3 rings (SSSR count). The van der Waals surface area contributed by atoms with Crippen molar-refractivity contribution in [1.29, 1.82) is 0 Å². The monoisotopic (exact) mass is 314 g/mol. The van der Waals surface area contributed by atoms with Crippen LogP contribution >= 0.6 is 0 Å². The molecule has 0 amide bonds. The van der Waals surface area contributed by atoms with E-state index < -0.39 is 13.1 Å². The Labute approximate surface area is 135 Å². The number of ether oxygens (including phenoxy) is 1. The van der Waals surface area contributed by atoms with Gasteiger partial charge in [0.1, 0.15) is 5.75 Å². The lowest BCUT2D eigenvalue weighted by atomic mass is 9.79. The number of aromatic nitrogens is 2. The van der Waals surface area contributed by atoms with Gasteiger partial charge in [-0.2, -0.15) is 0 Å². The topological polar surface area (TPSA) is 73.4 Å². The lowest BCUT2D eigenvalue weighted by molar-refractivity contribution is 0.00578. The van der Waals surface area contributed by atoms with Crippen LogP contribution in [0.25, 0.3) is 0 Å². The summed E-state index contributed by atoms with van der Waals surface area (Å²) in [6.45, 7) is 8.03. The molecule has 1 aromatic heterocycles. The predicted molar refractivity (Wildman–Crippen MR) is 85.7 cm³/mol. The molecule has 0 radical (unpaired) electrons. The summed E-state index contributed by atoms with van der Waals surface area (Å²) in [5, 5.41) is 0. The first-order valence-corrected chi connectivity index (χ1v) is 7.46. The minimum absolute atomic E-state index is 0.167. The van der Waals surface area contributed by atoms with Gasteiger partial charge >= 0.3 is 13.1 Å². The lowest BCUT2D eigenvalue weighted by Gasteiger charge is -2.32. The summed E-state index contributed by atoms with van der Waals surface area (Å²) >= 11 is 0. The zero-order valence-electron chi connectivity index (χ0n) is 13.6. The maximum absolute atomic E-state index is 11.8. The molecule has 1 saturated heterocycles. The van der Waals surface area contributed by atoms with Crippen LogP contribution in [-0.2, 0) is 9.31 Å². The van der Waals surface area contributed by atoms with Gasteiger partial charge in [-0.3, -0.25) is 0 Å². The Bertz CT molecular complexity index is 679. The van der Waals surface area contributed by atoms with Crippen molar-refractivity contribution < 1.29 is 18.8 Å². The van der Waals surface area contributed by atoms with Crippen LogP contribution in [0.1, 0.15) is 38.3 Å². The summed E-state index contributed by atoms with van der Waals surface area (Å²) in [5.41, 5.74) is 0.103. The van der Waals surface area contributed by atoms with Crippen molar-refractivity contribution in [3.63, 3.8) is 0 Å². The third-order valence-corrected chi connectivity index (χ3v) is 4.31. The molecule has 0 aliphatic carbocycles. The van der Waals surface area contributed by atoms with Crippen LogP contribution in [-0.4, -0.2) is 34.3 Å². The maximum atomic E-state index is 11.8. The number of nitrogens with zero attached hydrogens (tertiary/aromatic N) is 1. The molecule has 6 nitrogen and oxygen atoms in total. The molecule has 7 heteroatoms. The third kappa shape index (κ3) is 3.02. The molecule has 23 heavy (non-hydrogen) atoms. The smallest absolute Gasteiger partial charge is 0.421 e. The van der Waals surface area contributed by atoms with Gasteiger partial charge in [0.25, 0.3) is 0 Å². The summed E-state index contributed by atoms with van der Waals surface area (Å²) in [6, 6.07) is 7.07. The van der Waals surface area contributed by atoms with Crippen LogP contribution in [0.2, 0.25) is 0 Å². The minimum atomic E-state index is -0.529. The Morgan fingerprint density at radius 1 is 1.13 bits per heavy atom. The molecule has 1 fully saturated rings. The molecule has 1 aliphatic heterocycles. The number of aromatic amines is 1. The van der Waals surface area contributed by atoms with E-state index in [0.717, 1.165) is 5.46 Å². The van der Waals surface area contributed by atoms with Gasteiger partial charge in [0.15, 0.2) is 0 Å². The standard InChI is InChI=1S/C16H19BN2O4/c1-15(2)16(3,4)23-17(22-15)11-5-7-12(8-6-11)21-14(20)13-18-9-10-19-13/h5-10H,1-4H3,(H,18,19). The van der Waals surface area contributed by atoms with Gasteiger partial charge in [0.2, 0.25) is 5.82 Å². The second-order valence-corrected chi connectivity index (χ2v) is 6.48. The van der Waals surface area contributed by atoms with Gasteiger partial charge in [-0.25, -0.2) is 9.78 Å². The van der Waals surface area contributed by atoms with Gasteiger partial charge in [-0.15, -0.1) is 0 Å². The second-order valence-electron chi connectivity index (χ2n) is 6.48. The van der Waals surface area contributed by atoms with E-state index in [0.29, 0.717) is 5.75 Å². The molecule has 0 spiro atoms. The lowest BCUT2D eigenvalue weighted by Crippen LogP contribution is -2.41. The highest BCUT2D eigenvalue weighted by Gasteiger charge is 2.51. The molecular weight excluding hydrogens is 295 g/mol. The molecule has 1 aliphatic rings. The number of hydrogen-bond acceptors (Lipinski definition) is 5. The van der Waals surface area contributed by atoms with Crippen molar-refractivity contribution in [2.45, 2.75) is 38.9 Å². The fourth-order valence-corrected chi connectivity index (χ4v) is 2.20. The molecular formula is C16H19BN2O4. The number of nitrogens with one attached hydrogen (secondary N) is 1. The molecule has 1 N–H and O–H groups in total. The average Bonchev–Trinajstić information content (AvgIpc) is 3.07. The molecule has 0 unspecified atom stereocenters. The van der Waals surface area contributed by atoms with Crippen LogP contribution in [0.15, 0.2) is 36.7 Å². The van der Waals surface area contributed by atoms with Crippen LogP contribution in [0, 0.1) is 0 Å². The van der Waals surface area contributed by atoms with Crippen molar-refractivity contribution in [1.82, 2.24) is 9.97 Å². The van der Waals surface area contributed by atoms with E-state index in [-0.39, 0.29) is 17.0 Å². The summed E-state index contributed by atoms with van der Waals surface area (Å²) in [6.07, 6.45) is 3.07. The zero-order valence-corrected chi connectivity index (χ0v) is 13.6. The van der Waals surface area contributed by atoms with E-state index in [1.54, 1.807) is 18.3 Å². The molecule has 0 saturated carbocycles. The minimum Gasteiger partial charge on any atom is -0.421 e. The zero-order chi connectivity index (χ0) is 16.7. The third-order valence-electron chi connectivity index (χ3n) is 4.31. The first-order valence-electron chi connectivity index (χ1n) is 7.46. The molecule has 1 aromatic carbocycles. The van der Waals surface area contributed by atoms with Crippen molar-refractivity contribution in [3.05, 3.63) is 42.5 Å². The van der Waals surface area contributed by atoms with Gasteiger partial charge in [-0.05, 0) is 45.3 Å². The number of rotatable bonds is 3. The largest absolute Gasteiger partial charge is 0.494 e. The van der Waals surface area contributed by atoms with Crippen LogP contribution in [0.3, 0.4) is 0 Å². The second kappa shape index (κ2) is 5.51. The summed E-state index contributed by atoms with van der Waals surface area (Å²) in [5.74, 6) is 0.0742. The Balaban J connectivity index is 1.70. The van der Waals surface area contributed by atoms with Crippen molar-refractivity contribution in [2.24, 2.45) is 0 Å². The van der Waals surface area contributed by atoms with Crippen LogP contribution in [0.5, 0.6) is 5.75 Å². The summed E-state index contributed by atoms with van der Waals surface area (Å²) in [4.78, 5) is 18.4. The van der Waals surface area contributed by atoms with Crippen molar-refractivity contribution in [2.75, 3.05) is 0 Å². The predicted octanol–water partition coefficient (Wildman–Crippen LogP) is 1.93. The number of carbonyl (C=O) groups excluding carboxylic acids is 1. The number of imidazole rings is 1. The number of carbonyl (C=O) groups is 1. The number of benzene rings is 1. The van der Waals surface area contributed by atoms with E-state index in [1.807, 2.05) is 39.8 Å². The highest BCUT2D eigenvalue weighted by molar-refractivity contribution is 6.62. The number of hydrogen-bond donors (Lipinski definition) is 1. The van der Waals surface area contributed by atoms with Crippen LogP contribution in [0.4, 0.5) is 0 Å². The van der Waals surface area contributed by atoms with E-state index in [1.165, 1.54) is 6.20 Å². The van der Waals surface area contributed by atoms with E-state index in [4.69, 9.17) is 14.0 Å². The Kier molecular flexibility index (Phi) is 3.78. The first kappa shape index (κ1) is 15.8. The number of esters is 1. The molecule has 2 aromatic rings. The quantitative estimate of drug-likeness (QED) is 0.532. The number of H-pyrrole nitrogens is 1. The molecule has 0 bridgehead atoms. The highest BCUT2D eigenvalue weighted by Crippen LogP contribution is 2.36. The Hall–Kier alpha value is -2.12. The maximum Gasteiger partial charge on any atom is 0.494 e. The summed E-state index contributed by atoms with van der Waals surface area (Å²) in [7, 11) is -0.435. The fourth-order valence-electron chi connectivity index (χ4n) is 2.20. The van der Waals surface area contributed by atoms with Crippen LogP contribution < -0.4 is 10.2 Å². The van der Waals surface area contributed by atoms with Gasteiger partial charge in [0, 0.05) is 12.4 Å². The van der Waals surface area contributed by atoms with Gasteiger partial charge in [-0.1, -0.05) is 12.1 Å². The van der Waals surface area contributed by atoms with Crippen molar-refractivity contribution >= 4 is 18.6 Å². The van der Waals surface area contributed by atoms with E-state index >= 15 is 0 Å². The van der Waals surface area contributed by atoms with Crippen molar-refractivity contribution in [3.8, 4) is 5.75 Å². The Morgan fingerprint density at radius 3 is 2.26 bits per heavy atom. The Morgan fingerprint density at radius 2 is 1.74 bits per heavy atom. The summed E-state index contributed by atoms with van der Waals surface area (Å²) < 4.78 is 17.2. The van der Waals surface area contributed by atoms with E-state index in [2.05, 4.69) is 9.97 Å². The molecule has 2 heterocycles. The first-order chi connectivity index (χ1) is 10.8. The van der Waals surface area contributed by atoms with E-state index in [9.17, 15) is 4.79 Å².